The van der Waals surface area contributed by atoms with Gasteiger partial charge in [0.15, 0.2) is 5.78 Å². The molecule has 1 N–H and O–H groups in total. The first-order valence-corrected chi connectivity index (χ1v) is 13.0. The van der Waals surface area contributed by atoms with Crippen molar-refractivity contribution in [1.82, 2.24) is 9.80 Å². The van der Waals surface area contributed by atoms with Gasteiger partial charge in [0.05, 0.1) is 28.6 Å². The first-order valence-electron chi connectivity index (χ1n) is 13.0. The summed E-state index contributed by atoms with van der Waals surface area (Å²) in [6.07, 6.45) is 2.56. The van der Waals surface area contributed by atoms with Crippen molar-refractivity contribution in [3.63, 3.8) is 0 Å². The number of fused-ring (bicyclic) bond motifs is 5. The van der Waals surface area contributed by atoms with E-state index in [0.717, 1.165) is 31.5 Å². The summed E-state index contributed by atoms with van der Waals surface area (Å²) in [4.78, 5) is 45.7. The molecule has 3 spiro atoms. The van der Waals surface area contributed by atoms with Crippen LogP contribution in [0.3, 0.4) is 0 Å². The Bertz CT molecular complexity index is 1250. The quantitative estimate of drug-likeness (QED) is 0.620. The molecule has 5 fully saturated rings. The van der Waals surface area contributed by atoms with Crippen molar-refractivity contribution < 1.29 is 19.1 Å². The molecule has 7 aliphatic rings. The third kappa shape index (κ3) is 2.18. The lowest BCUT2D eigenvalue weighted by Crippen LogP contribution is -2.78. The van der Waals surface area contributed by atoms with E-state index in [0.29, 0.717) is 29.3 Å². The zero-order valence-corrected chi connectivity index (χ0v) is 21.6. The van der Waals surface area contributed by atoms with E-state index in [1.807, 2.05) is 37.9 Å². The molecule has 4 saturated heterocycles. The molecule has 6 aliphatic heterocycles. The van der Waals surface area contributed by atoms with Crippen LogP contribution in [0.5, 0.6) is 5.75 Å². The predicted octanol–water partition coefficient (Wildman–Crippen LogP) is 3.36. The lowest BCUT2D eigenvalue weighted by atomic mass is 9.57. The summed E-state index contributed by atoms with van der Waals surface area (Å²) in [6, 6.07) is 3.89. The highest BCUT2D eigenvalue weighted by Gasteiger charge is 2.79. The first-order chi connectivity index (χ1) is 16.3. The van der Waals surface area contributed by atoms with Gasteiger partial charge in [0, 0.05) is 20.1 Å². The fraction of sp³-hybridized carbons (Fsp3) is 0.679. The molecule has 8 rings (SSSR count). The molecule has 0 unspecified atom stereocenters. The van der Waals surface area contributed by atoms with Gasteiger partial charge in [0.1, 0.15) is 16.9 Å². The van der Waals surface area contributed by atoms with Crippen molar-refractivity contribution in [2.45, 2.75) is 82.4 Å². The van der Waals surface area contributed by atoms with Crippen LogP contribution in [0.4, 0.5) is 5.69 Å². The molecule has 0 radical (unpaired) electrons. The number of ether oxygens (including phenoxy) is 1. The zero-order chi connectivity index (χ0) is 24.9. The average Bonchev–Trinajstić information content (AvgIpc) is 3.30. The largest absolute Gasteiger partial charge is 0.487 e. The minimum absolute atomic E-state index is 0.0126. The lowest BCUT2D eigenvalue weighted by Gasteiger charge is -2.64. The fourth-order valence-corrected chi connectivity index (χ4v) is 9.49. The van der Waals surface area contributed by atoms with E-state index in [-0.39, 0.29) is 29.9 Å². The summed E-state index contributed by atoms with van der Waals surface area (Å²) >= 11 is 0. The summed E-state index contributed by atoms with van der Waals surface area (Å²) in [5, 5.41) is 3.16. The molecular formula is C28H35N3O4. The van der Waals surface area contributed by atoms with E-state index in [4.69, 9.17) is 4.74 Å². The molecule has 7 nitrogen and oxygen atoms in total. The van der Waals surface area contributed by atoms with E-state index in [9.17, 15) is 14.4 Å². The molecule has 6 heterocycles. The van der Waals surface area contributed by atoms with Crippen LogP contribution >= 0.6 is 0 Å². The van der Waals surface area contributed by atoms with Gasteiger partial charge in [-0.25, -0.2) is 0 Å². The van der Waals surface area contributed by atoms with Crippen molar-refractivity contribution >= 4 is 23.3 Å². The number of ketones is 1. The highest BCUT2D eigenvalue weighted by atomic mass is 16.5. The molecule has 7 heteroatoms. The van der Waals surface area contributed by atoms with Crippen LogP contribution in [0.15, 0.2) is 12.1 Å². The molecule has 1 aromatic rings. The predicted molar refractivity (Wildman–Crippen MR) is 130 cm³/mol. The molecule has 0 aromatic heterocycles. The van der Waals surface area contributed by atoms with Gasteiger partial charge in [-0.05, 0) is 62.0 Å². The van der Waals surface area contributed by atoms with Gasteiger partial charge in [-0.3, -0.25) is 19.3 Å². The van der Waals surface area contributed by atoms with Crippen LogP contribution in [-0.4, -0.2) is 64.2 Å². The Morgan fingerprint density at radius 3 is 2.57 bits per heavy atom. The number of carbonyl (C=O) groups is 3. The SMILES string of the molecule is C[C@H]1CN2C[C@]34C[C@@]5(C(=O)Nc6c5ccc5c6C(=O)CC(C)(C)O5)C(C)(C)[C@@H]3C[C@@]2(C1)C(=O)N4C. The lowest BCUT2D eigenvalue weighted by molar-refractivity contribution is -0.184. The standard InChI is InChI=1S/C28H35N3O4/c1-15-9-26-11-19-25(4,5)28(13-27(19,14-31(26)12-15)30(6)23(26)34)16-7-8-18-20(21(16)29-22(28)33)17(32)10-24(2,3)35-18/h7-8,15,19H,9-14H2,1-6H3,(H,29,33)/t15-,19+,26+,27-,28-/m1/s1. The Kier molecular flexibility index (Phi) is 3.70. The molecule has 35 heavy (non-hydrogen) atoms. The number of amides is 2. The Morgan fingerprint density at radius 1 is 1.09 bits per heavy atom. The van der Waals surface area contributed by atoms with E-state index >= 15 is 0 Å². The molecule has 2 amide bonds. The molecule has 2 bridgehead atoms. The minimum Gasteiger partial charge on any atom is -0.487 e. The van der Waals surface area contributed by atoms with Crippen LogP contribution in [0.2, 0.25) is 0 Å². The number of benzene rings is 1. The zero-order valence-electron chi connectivity index (χ0n) is 21.6. The number of anilines is 1. The maximum atomic E-state index is 14.1. The Balaban J connectivity index is 1.42. The fourth-order valence-electron chi connectivity index (χ4n) is 9.49. The second kappa shape index (κ2) is 5.93. The summed E-state index contributed by atoms with van der Waals surface area (Å²) in [5.74, 6) is 1.44. The Morgan fingerprint density at radius 2 is 1.83 bits per heavy atom. The number of rotatable bonds is 0. The maximum absolute atomic E-state index is 14.1. The number of carbonyl (C=O) groups excluding carboxylic acids is 3. The van der Waals surface area contributed by atoms with E-state index < -0.39 is 27.5 Å². The van der Waals surface area contributed by atoms with Crippen LogP contribution < -0.4 is 10.1 Å². The van der Waals surface area contributed by atoms with Gasteiger partial charge < -0.3 is 15.0 Å². The summed E-state index contributed by atoms with van der Waals surface area (Å²) in [6.45, 7) is 12.3. The number of hydrogen-bond acceptors (Lipinski definition) is 5. The van der Waals surface area contributed by atoms with Crippen LogP contribution in [0, 0.1) is 17.3 Å². The normalized spacial score (nSPS) is 42.0. The first kappa shape index (κ1) is 21.8. The number of nitrogens with zero attached hydrogens (tertiary/aromatic N) is 2. The number of hydrogen-bond donors (Lipinski definition) is 1. The van der Waals surface area contributed by atoms with Gasteiger partial charge in [0.2, 0.25) is 11.8 Å². The van der Waals surface area contributed by atoms with Crippen LogP contribution in [-0.2, 0) is 15.0 Å². The molecule has 1 saturated carbocycles. The van der Waals surface area contributed by atoms with Crippen molar-refractivity contribution in [2.75, 3.05) is 25.5 Å². The van der Waals surface area contributed by atoms with Gasteiger partial charge in [-0.2, -0.15) is 0 Å². The van der Waals surface area contributed by atoms with E-state index in [1.54, 1.807) is 0 Å². The number of piperidine rings is 2. The van der Waals surface area contributed by atoms with Crippen molar-refractivity contribution in [1.29, 1.82) is 0 Å². The van der Waals surface area contributed by atoms with Gasteiger partial charge in [-0.15, -0.1) is 0 Å². The number of piperazine rings is 1. The molecule has 1 aromatic carbocycles. The second-order valence-electron chi connectivity index (χ2n) is 13.5. The van der Waals surface area contributed by atoms with Gasteiger partial charge >= 0.3 is 0 Å². The van der Waals surface area contributed by atoms with E-state index in [1.165, 1.54) is 0 Å². The van der Waals surface area contributed by atoms with E-state index in [2.05, 4.69) is 31.0 Å². The summed E-state index contributed by atoms with van der Waals surface area (Å²) in [5.41, 5.74) is -0.555. The smallest absolute Gasteiger partial charge is 0.243 e. The molecule has 186 valence electrons. The topological polar surface area (TPSA) is 79.0 Å². The van der Waals surface area contributed by atoms with Gasteiger partial charge in [0.25, 0.3) is 0 Å². The van der Waals surface area contributed by atoms with Crippen molar-refractivity contribution in [3.8, 4) is 5.75 Å². The molecule has 1 aliphatic carbocycles. The average molecular weight is 478 g/mol. The summed E-state index contributed by atoms with van der Waals surface area (Å²) in [7, 11) is 1.96. The number of nitrogens with one attached hydrogen (secondary N) is 1. The van der Waals surface area contributed by atoms with Crippen molar-refractivity contribution in [3.05, 3.63) is 23.3 Å². The monoisotopic (exact) mass is 477 g/mol. The minimum atomic E-state index is -0.805. The molecular weight excluding hydrogens is 442 g/mol. The highest BCUT2D eigenvalue weighted by molar-refractivity contribution is 6.15. The van der Waals surface area contributed by atoms with Crippen molar-refractivity contribution in [2.24, 2.45) is 17.3 Å². The third-order valence-electron chi connectivity index (χ3n) is 10.9. The highest BCUT2D eigenvalue weighted by Crippen LogP contribution is 2.72. The summed E-state index contributed by atoms with van der Waals surface area (Å²) < 4.78 is 6.15. The third-order valence-corrected chi connectivity index (χ3v) is 10.9. The number of likely N-dealkylation sites (N-methyl/N-ethyl adjacent to an activating group) is 1. The Labute approximate surface area is 206 Å². The van der Waals surface area contributed by atoms with Crippen LogP contribution in [0.1, 0.15) is 76.2 Å². The molecule has 5 atom stereocenters. The van der Waals surface area contributed by atoms with Gasteiger partial charge in [-0.1, -0.05) is 26.8 Å². The van der Waals surface area contributed by atoms with Crippen LogP contribution in [0.25, 0.3) is 0 Å². The second-order valence-corrected chi connectivity index (χ2v) is 13.5. The maximum Gasteiger partial charge on any atom is 0.243 e. The number of Topliss-reactive ketones (excluding diaryl/α,β-unsaturated/α-hetero) is 1. The Hall–Kier alpha value is -2.41.